The molecule has 2 rings (SSSR count). The first-order valence-electron chi connectivity index (χ1n) is 6.81. The molecule has 5 heteroatoms. The molecular formula is C16H19BrN2O2. The van der Waals surface area contributed by atoms with Crippen molar-refractivity contribution in [3.63, 3.8) is 0 Å². The maximum Gasteiger partial charge on any atom is 0.141 e. The lowest BCUT2D eigenvalue weighted by Crippen LogP contribution is -2.12. The molecule has 1 N–H and O–H groups in total. The van der Waals surface area contributed by atoms with E-state index in [4.69, 9.17) is 9.47 Å². The Kier molecular flexibility index (Phi) is 5.59. The molecule has 1 aromatic carbocycles. The number of aryl methyl sites for hydroxylation is 1. The first kappa shape index (κ1) is 15.8. The largest absolute Gasteiger partial charge is 0.497 e. The van der Waals surface area contributed by atoms with Gasteiger partial charge < -0.3 is 14.8 Å². The van der Waals surface area contributed by atoms with Crippen LogP contribution in [0.15, 0.2) is 34.9 Å². The van der Waals surface area contributed by atoms with Crippen molar-refractivity contribution in [2.24, 2.45) is 0 Å². The number of methoxy groups -OCH3 is 1. The number of pyridine rings is 1. The Morgan fingerprint density at radius 2 is 2.05 bits per heavy atom. The van der Waals surface area contributed by atoms with Gasteiger partial charge in [0.2, 0.25) is 0 Å². The summed E-state index contributed by atoms with van der Waals surface area (Å²) in [6.45, 7) is 5.65. The number of hydrogen-bond acceptors (Lipinski definition) is 4. The van der Waals surface area contributed by atoms with E-state index >= 15 is 0 Å². The van der Waals surface area contributed by atoms with E-state index in [0.29, 0.717) is 0 Å². The molecule has 112 valence electrons. The molecule has 0 saturated carbocycles. The van der Waals surface area contributed by atoms with Crippen LogP contribution < -0.4 is 14.8 Å². The Bertz CT molecular complexity index is 617. The van der Waals surface area contributed by atoms with Gasteiger partial charge >= 0.3 is 0 Å². The quantitative estimate of drug-likeness (QED) is 0.852. The third-order valence-electron chi connectivity index (χ3n) is 3.00. The molecule has 1 aromatic heterocycles. The van der Waals surface area contributed by atoms with E-state index in [2.05, 4.69) is 33.2 Å². The van der Waals surface area contributed by atoms with Crippen molar-refractivity contribution in [2.45, 2.75) is 20.4 Å². The Labute approximate surface area is 133 Å². The van der Waals surface area contributed by atoms with Crippen LogP contribution in [0.4, 0.5) is 0 Å². The van der Waals surface area contributed by atoms with E-state index in [1.165, 1.54) is 0 Å². The van der Waals surface area contributed by atoms with E-state index in [-0.39, 0.29) is 0 Å². The minimum atomic E-state index is 0.729. The van der Waals surface area contributed by atoms with Gasteiger partial charge in [0.15, 0.2) is 0 Å². The van der Waals surface area contributed by atoms with E-state index in [1.54, 1.807) is 7.11 Å². The highest BCUT2D eigenvalue weighted by Gasteiger charge is 2.09. The van der Waals surface area contributed by atoms with Crippen molar-refractivity contribution in [1.29, 1.82) is 0 Å². The number of rotatable bonds is 6. The van der Waals surface area contributed by atoms with Crippen molar-refractivity contribution >= 4 is 15.9 Å². The van der Waals surface area contributed by atoms with Gasteiger partial charge in [-0.05, 0) is 47.6 Å². The molecule has 1 heterocycles. The molecule has 0 amide bonds. The van der Waals surface area contributed by atoms with Gasteiger partial charge in [-0.15, -0.1) is 0 Å². The van der Waals surface area contributed by atoms with Crippen LogP contribution in [0.25, 0.3) is 0 Å². The third kappa shape index (κ3) is 4.19. The van der Waals surface area contributed by atoms with Gasteiger partial charge in [0, 0.05) is 30.1 Å². The average Bonchev–Trinajstić information content (AvgIpc) is 2.48. The van der Waals surface area contributed by atoms with Crippen molar-refractivity contribution in [3.05, 3.63) is 46.2 Å². The second kappa shape index (κ2) is 7.43. The highest BCUT2D eigenvalue weighted by molar-refractivity contribution is 9.10. The molecule has 0 aliphatic rings. The number of aromatic nitrogens is 1. The molecule has 0 unspecified atom stereocenters. The SMILES string of the molecule is CCNCc1cnc(C)cc1Oc1ccc(OC)cc1Br. The van der Waals surface area contributed by atoms with E-state index < -0.39 is 0 Å². The lowest BCUT2D eigenvalue weighted by Gasteiger charge is -2.13. The fraction of sp³-hybridized carbons (Fsp3) is 0.312. The van der Waals surface area contributed by atoms with Crippen LogP contribution in [0.3, 0.4) is 0 Å². The second-order valence-corrected chi connectivity index (χ2v) is 5.47. The van der Waals surface area contributed by atoms with Crippen molar-refractivity contribution < 1.29 is 9.47 Å². The minimum absolute atomic E-state index is 0.729. The first-order valence-corrected chi connectivity index (χ1v) is 7.61. The van der Waals surface area contributed by atoms with Crippen LogP contribution in [0.5, 0.6) is 17.2 Å². The fourth-order valence-corrected chi connectivity index (χ4v) is 2.30. The second-order valence-electron chi connectivity index (χ2n) is 4.61. The summed E-state index contributed by atoms with van der Waals surface area (Å²) in [6, 6.07) is 7.59. The summed E-state index contributed by atoms with van der Waals surface area (Å²) in [5.41, 5.74) is 1.96. The average molecular weight is 351 g/mol. The van der Waals surface area contributed by atoms with Crippen molar-refractivity contribution in [1.82, 2.24) is 10.3 Å². The summed E-state index contributed by atoms with van der Waals surface area (Å²) in [5, 5.41) is 3.29. The molecular weight excluding hydrogens is 332 g/mol. The number of nitrogens with zero attached hydrogens (tertiary/aromatic N) is 1. The summed E-state index contributed by atoms with van der Waals surface area (Å²) in [6.07, 6.45) is 1.85. The van der Waals surface area contributed by atoms with E-state index in [0.717, 1.165) is 46.1 Å². The van der Waals surface area contributed by atoms with Crippen molar-refractivity contribution in [3.8, 4) is 17.2 Å². The summed E-state index contributed by atoms with van der Waals surface area (Å²) in [5.74, 6) is 2.35. The van der Waals surface area contributed by atoms with E-state index in [9.17, 15) is 0 Å². The standard InChI is InChI=1S/C16H19BrN2O2/c1-4-18-9-12-10-19-11(2)7-16(12)21-15-6-5-13(20-3)8-14(15)17/h5-8,10,18H,4,9H2,1-3H3. The third-order valence-corrected chi connectivity index (χ3v) is 3.62. The van der Waals surface area contributed by atoms with Gasteiger partial charge in [0.25, 0.3) is 0 Å². The maximum atomic E-state index is 6.04. The number of ether oxygens (including phenoxy) is 2. The van der Waals surface area contributed by atoms with Crippen LogP contribution in [0, 0.1) is 6.92 Å². The van der Waals surface area contributed by atoms with Crippen LogP contribution in [0.1, 0.15) is 18.2 Å². The minimum Gasteiger partial charge on any atom is -0.497 e. The van der Waals surface area contributed by atoms with Gasteiger partial charge in [-0.2, -0.15) is 0 Å². The van der Waals surface area contributed by atoms with E-state index in [1.807, 2.05) is 37.4 Å². The van der Waals surface area contributed by atoms with Gasteiger partial charge in [0.05, 0.1) is 11.6 Å². The van der Waals surface area contributed by atoms with Crippen LogP contribution in [0.2, 0.25) is 0 Å². The highest BCUT2D eigenvalue weighted by atomic mass is 79.9. The molecule has 0 radical (unpaired) electrons. The van der Waals surface area contributed by atoms with Gasteiger partial charge in [-0.3, -0.25) is 4.98 Å². The fourth-order valence-electron chi connectivity index (χ4n) is 1.86. The Morgan fingerprint density at radius 1 is 1.24 bits per heavy atom. The van der Waals surface area contributed by atoms with Crippen molar-refractivity contribution in [2.75, 3.05) is 13.7 Å². The zero-order valence-electron chi connectivity index (χ0n) is 12.4. The predicted molar refractivity (Wildman–Crippen MR) is 87.1 cm³/mol. The van der Waals surface area contributed by atoms with Gasteiger partial charge in [-0.1, -0.05) is 6.92 Å². The molecule has 0 bridgehead atoms. The highest BCUT2D eigenvalue weighted by Crippen LogP contribution is 2.34. The Balaban J connectivity index is 2.27. The number of halogens is 1. The zero-order valence-corrected chi connectivity index (χ0v) is 14.0. The zero-order chi connectivity index (χ0) is 15.2. The molecule has 0 atom stereocenters. The summed E-state index contributed by atoms with van der Waals surface area (Å²) in [4.78, 5) is 4.33. The number of hydrogen-bond donors (Lipinski definition) is 1. The molecule has 0 spiro atoms. The summed E-state index contributed by atoms with van der Waals surface area (Å²) < 4.78 is 12.1. The molecule has 0 fully saturated rings. The maximum absolute atomic E-state index is 6.04. The lowest BCUT2D eigenvalue weighted by molar-refractivity contribution is 0.412. The lowest BCUT2D eigenvalue weighted by atomic mass is 10.2. The first-order chi connectivity index (χ1) is 10.1. The monoisotopic (exact) mass is 350 g/mol. The summed E-state index contributed by atoms with van der Waals surface area (Å²) >= 11 is 3.50. The normalized spacial score (nSPS) is 10.5. The summed E-state index contributed by atoms with van der Waals surface area (Å²) in [7, 11) is 1.64. The molecule has 0 aliphatic heterocycles. The van der Waals surface area contributed by atoms with Crippen LogP contribution >= 0.6 is 15.9 Å². The van der Waals surface area contributed by atoms with Gasteiger partial charge in [0.1, 0.15) is 17.2 Å². The molecule has 0 aliphatic carbocycles. The Morgan fingerprint density at radius 3 is 2.71 bits per heavy atom. The van der Waals surface area contributed by atoms with Crippen LogP contribution in [-0.2, 0) is 6.54 Å². The topological polar surface area (TPSA) is 43.4 Å². The number of benzene rings is 1. The molecule has 21 heavy (non-hydrogen) atoms. The number of nitrogens with one attached hydrogen (secondary N) is 1. The van der Waals surface area contributed by atoms with Crippen LogP contribution in [-0.4, -0.2) is 18.6 Å². The molecule has 0 saturated heterocycles. The molecule has 4 nitrogen and oxygen atoms in total. The smallest absolute Gasteiger partial charge is 0.141 e. The molecule has 2 aromatic rings. The van der Waals surface area contributed by atoms with Gasteiger partial charge in [-0.25, -0.2) is 0 Å². The Hall–Kier alpha value is -1.59. The predicted octanol–water partition coefficient (Wildman–Crippen LogP) is 4.06.